The van der Waals surface area contributed by atoms with E-state index in [9.17, 15) is 0 Å². The maximum atomic E-state index is 4.37. The SMILES string of the molecule is c1cnc2c(n1)Nc1cc(CN3CCCCCC3)ccc1S2. The molecule has 3 heterocycles. The predicted octanol–water partition coefficient (Wildman–Crippen LogP) is 4.06. The van der Waals surface area contributed by atoms with Crippen LogP contribution in [0.25, 0.3) is 0 Å². The molecule has 0 saturated carbocycles. The summed E-state index contributed by atoms with van der Waals surface area (Å²) in [7, 11) is 0. The number of rotatable bonds is 2. The summed E-state index contributed by atoms with van der Waals surface area (Å²) >= 11 is 1.69. The summed E-state index contributed by atoms with van der Waals surface area (Å²) in [6, 6.07) is 6.72. The van der Waals surface area contributed by atoms with Gasteiger partial charge in [0.2, 0.25) is 0 Å². The van der Waals surface area contributed by atoms with Gasteiger partial charge in [-0.05, 0) is 43.6 Å². The molecule has 2 aliphatic rings. The lowest BCUT2D eigenvalue weighted by molar-refractivity contribution is 0.277. The van der Waals surface area contributed by atoms with E-state index >= 15 is 0 Å². The molecule has 1 fully saturated rings. The molecule has 2 aliphatic heterocycles. The minimum Gasteiger partial charge on any atom is -0.337 e. The van der Waals surface area contributed by atoms with Crippen LogP contribution in [0.5, 0.6) is 0 Å². The Bertz CT molecular complexity index is 665. The van der Waals surface area contributed by atoms with Crippen molar-refractivity contribution in [2.75, 3.05) is 18.4 Å². The van der Waals surface area contributed by atoms with Gasteiger partial charge in [-0.25, -0.2) is 9.97 Å². The molecule has 0 unspecified atom stereocenters. The number of hydrogen-bond acceptors (Lipinski definition) is 5. The Morgan fingerprint density at radius 2 is 1.86 bits per heavy atom. The maximum Gasteiger partial charge on any atom is 0.163 e. The molecule has 114 valence electrons. The molecule has 4 nitrogen and oxygen atoms in total. The third-order valence-electron chi connectivity index (χ3n) is 4.27. The third kappa shape index (κ3) is 2.96. The highest BCUT2D eigenvalue weighted by molar-refractivity contribution is 7.99. The van der Waals surface area contributed by atoms with Crippen molar-refractivity contribution < 1.29 is 0 Å². The fourth-order valence-corrected chi connectivity index (χ4v) is 4.01. The van der Waals surface area contributed by atoms with E-state index < -0.39 is 0 Å². The Morgan fingerprint density at radius 1 is 1.05 bits per heavy atom. The lowest BCUT2D eigenvalue weighted by Crippen LogP contribution is -2.24. The molecule has 0 aliphatic carbocycles. The van der Waals surface area contributed by atoms with Gasteiger partial charge < -0.3 is 5.32 Å². The van der Waals surface area contributed by atoms with Gasteiger partial charge in [0, 0.05) is 23.8 Å². The lowest BCUT2D eigenvalue weighted by atomic mass is 10.1. The fraction of sp³-hybridized carbons (Fsp3) is 0.412. The Morgan fingerprint density at radius 3 is 2.73 bits per heavy atom. The Kier molecular flexibility index (Phi) is 3.99. The molecule has 4 rings (SSSR count). The monoisotopic (exact) mass is 312 g/mol. The van der Waals surface area contributed by atoms with E-state index in [1.807, 2.05) is 0 Å². The zero-order valence-electron chi connectivity index (χ0n) is 12.6. The Balaban J connectivity index is 1.52. The minimum absolute atomic E-state index is 0.868. The molecule has 5 heteroatoms. The third-order valence-corrected chi connectivity index (χ3v) is 5.34. The molecule has 22 heavy (non-hydrogen) atoms. The molecule has 1 N–H and O–H groups in total. The summed E-state index contributed by atoms with van der Waals surface area (Å²) < 4.78 is 0. The Labute approximate surface area is 135 Å². The lowest BCUT2D eigenvalue weighted by Gasteiger charge is -2.22. The summed E-state index contributed by atoms with van der Waals surface area (Å²) in [4.78, 5) is 12.6. The van der Waals surface area contributed by atoms with Crippen LogP contribution in [-0.2, 0) is 6.54 Å². The zero-order chi connectivity index (χ0) is 14.8. The predicted molar refractivity (Wildman–Crippen MR) is 89.6 cm³/mol. The van der Waals surface area contributed by atoms with Crippen molar-refractivity contribution in [1.82, 2.24) is 14.9 Å². The summed E-state index contributed by atoms with van der Waals surface area (Å²) in [6.45, 7) is 3.51. The van der Waals surface area contributed by atoms with Crippen LogP contribution in [0.2, 0.25) is 0 Å². The summed E-state index contributed by atoms with van der Waals surface area (Å²) in [5, 5.41) is 4.37. The van der Waals surface area contributed by atoms with Gasteiger partial charge in [-0.15, -0.1) is 0 Å². The molecule has 0 atom stereocenters. The molecular weight excluding hydrogens is 292 g/mol. The van der Waals surface area contributed by atoms with Crippen molar-refractivity contribution in [2.24, 2.45) is 0 Å². The average molecular weight is 312 g/mol. The van der Waals surface area contributed by atoms with E-state index in [-0.39, 0.29) is 0 Å². The largest absolute Gasteiger partial charge is 0.337 e. The van der Waals surface area contributed by atoms with Crippen molar-refractivity contribution in [2.45, 2.75) is 42.1 Å². The highest BCUT2D eigenvalue weighted by atomic mass is 32.2. The van der Waals surface area contributed by atoms with E-state index in [0.717, 1.165) is 23.1 Å². The molecule has 0 spiro atoms. The van der Waals surface area contributed by atoms with E-state index in [1.165, 1.54) is 49.2 Å². The first-order valence-corrected chi connectivity index (χ1v) is 8.81. The van der Waals surface area contributed by atoms with Crippen molar-refractivity contribution in [3.63, 3.8) is 0 Å². The van der Waals surface area contributed by atoms with Crippen LogP contribution >= 0.6 is 11.8 Å². The van der Waals surface area contributed by atoms with Crippen molar-refractivity contribution in [3.05, 3.63) is 36.2 Å². The van der Waals surface area contributed by atoms with Crippen LogP contribution in [0.3, 0.4) is 0 Å². The molecule has 0 amide bonds. The minimum atomic E-state index is 0.868. The van der Waals surface area contributed by atoms with E-state index in [0.29, 0.717) is 0 Å². The molecule has 1 aromatic carbocycles. The number of fused-ring (bicyclic) bond motifs is 2. The molecule has 1 saturated heterocycles. The number of anilines is 2. The van der Waals surface area contributed by atoms with Crippen LogP contribution in [0.15, 0.2) is 40.5 Å². The van der Waals surface area contributed by atoms with Crippen molar-refractivity contribution in [3.8, 4) is 0 Å². The van der Waals surface area contributed by atoms with Crippen LogP contribution in [-0.4, -0.2) is 28.0 Å². The number of aromatic nitrogens is 2. The normalized spacial score (nSPS) is 18.0. The van der Waals surface area contributed by atoms with Crippen LogP contribution in [0, 0.1) is 0 Å². The first kappa shape index (κ1) is 14.0. The average Bonchev–Trinajstić information content (AvgIpc) is 2.81. The highest BCUT2D eigenvalue weighted by Crippen LogP contribution is 2.42. The number of benzene rings is 1. The summed E-state index contributed by atoms with van der Waals surface area (Å²) in [5.41, 5.74) is 2.53. The van der Waals surface area contributed by atoms with Crippen LogP contribution in [0.1, 0.15) is 31.2 Å². The molecule has 2 aromatic rings. The molecule has 0 radical (unpaired) electrons. The molecular formula is C17H20N4S. The number of likely N-dealkylation sites (tertiary alicyclic amines) is 1. The van der Waals surface area contributed by atoms with Gasteiger partial charge in [-0.2, -0.15) is 0 Å². The first-order valence-electron chi connectivity index (χ1n) is 8.00. The standard InChI is InChI=1S/C17H20N4S/c1-2-4-10-21(9-3-1)12-13-5-6-15-14(11-13)20-16-17(22-15)19-8-7-18-16/h5-8,11H,1-4,9-10,12H2,(H,18,20). The van der Waals surface area contributed by atoms with Gasteiger partial charge in [0.05, 0.1) is 5.69 Å². The summed E-state index contributed by atoms with van der Waals surface area (Å²) in [5.74, 6) is 0.868. The molecule has 1 aromatic heterocycles. The first-order chi connectivity index (χ1) is 10.9. The second-order valence-corrected chi connectivity index (χ2v) is 6.99. The van der Waals surface area contributed by atoms with Crippen LogP contribution in [0.4, 0.5) is 11.5 Å². The molecule has 0 bridgehead atoms. The number of nitrogens with zero attached hydrogens (tertiary/aromatic N) is 3. The van der Waals surface area contributed by atoms with Crippen molar-refractivity contribution in [1.29, 1.82) is 0 Å². The van der Waals surface area contributed by atoms with E-state index in [2.05, 4.69) is 38.4 Å². The highest BCUT2D eigenvalue weighted by Gasteiger charge is 2.18. The van der Waals surface area contributed by atoms with Crippen LogP contribution < -0.4 is 5.32 Å². The Hall–Kier alpha value is -1.59. The van der Waals surface area contributed by atoms with Gasteiger partial charge in [-0.3, -0.25) is 4.90 Å². The second kappa shape index (κ2) is 6.26. The van der Waals surface area contributed by atoms with Gasteiger partial charge in [0.25, 0.3) is 0 Å². The number of nitrogens with one attached hydrogen (secondary N) is 1. The van der Waals surface area contributed by atoms with E-state index in [4.69, 9.17) is 0 Å². The smallest absolute Gasteiger partial charge is 0.163 e. The van der Waals surface area contributed by atoms with E-state index in [1.54, 1.807) is 24.2 Å². The van der Waals surface area contributed by atoms with Crippen molar-refractivity contribution >= 4 is 23.3 Å². The quantitative estimate of drug-likeness (QED) is 0.773. The summed E-state index contributed by atoms with van der Waals surface area (Å²) in [6.07, 6.45) is 8.91. The topological polar surface area (TPSA) is 41.1 Å². The maximum absolute atomic E-state index is 4.37. The van der Waals surface area contributed by atoms with Gasteiger partial charge in [0.15, 0.2) is 5.82 Å². The zero-order valence-corrected chi connectivity index (χ0v) is 13.4. The van der Waals surface area contributed by atoms with Gasteiger partial charge >= 0.3 is 0 Å². The fourth-order valence-electron chi connectivity index (χ4n) is 3.13. The van der Waals surface area contributed by atoms with Gasteiger partial charge in [0.1, 0.15) is 5.03 Å². The second-order valence-electron chi connectivity index (χ2n) is 5.96. The number of hydrogen-bond donors (Lipinski definition) is 1. The van der Waals surface area contributed by atoms with Gasteiger partial charge in [-0.1, -0.05) is 30.7 Å².